The van der Waals surface area contributed by atoms with Crippen LogP contribution in [-0.2, 0) is 11.2 Å². The quantitative estimate of drug-likeness (QED) is 0.740. The average molecular weight is 393 g/mol. The van der Waals surface area contributed by atoms with Crippen LogP contribution in [-0.4, -0.2) is 42.0 Å². The molecule has 150 valence electrons. The molecule has 6 heteroatoms. The smallest absolute Gasteiger partial charge is 0.251 e. The Bertz CT molecular complexity index is 1100. The summed E-state index contributed by atoms with van der Waals surface area (Å²) in [5, 5.41) is 0.977. The molecule has 1 saturated heterocycles. The van der Waals surface area contributed by atoms with Crippen molar-refractivity contribution in [2.45, 2.75) is 19.8 Å². The maximum absolute atomic E-state index is 14.0. The monoisotopic (exact) mass is 393 g/mol. The van der Waals surface area contributed by atoms with Gasteiger partial charge >= 0.3 is 0 Å². The fourth-order valence-electron chi connectivity index (χ4n) is 3.83. The van der Waals surface area contributed by atoms with Crippen LogP contribution in [0.2, 0.25) is 0 Å². The van der Waals surface area contributed by atoms with Gasteiger partial charge < -0.3 is 14.8 Å². The first-order valence-electron chi connectivity index (χ1n) is 9.91. The van der Waals surface area contributed by atoms with Crippen LogP contribution in [0.5, 0.6) is 0 Å². The predicted octanol–water partition coefficient (Wildman–Crippen LogP) is 3.26. The van der Waals surface area contributed by atoms with E-state index in [1.165, 1.54) is 6.07 Å². The number of amides is 1. The maximum atomic E-state index is 14.0. The van der Waals surface area contributed by atoms with Crippen molar-refractivity contribution >= 4 is 22.5 Å². The number of H-pyrrole nitrogens is 1. The summed E-state index contributed by atoms with van der Waals surface area (Å²) >= 11 is 0. The van der Waals surface area contributed by atoms with E-state index in [4.69, 9.17) is 0 Å². The number of pyridine rings is 1. The summed E-state index contributed by atoms with van der Waals surface area (Å²) in [6, 6.07) is 14.5. The van der Waals surface area contributed by atoms with Gasteiger partial charge in [0.2, 0.25) is 5.91 Å². The number of benzene rings is 2. The lowest BCUT2D eigenvalue weighted by molar-refractivity contribution is -0.131. The molecular formula is C23H24FN3O2. The van der Waals surface area contributed by atoms with E-state index in [1.807, 2.05) is 40.1 Å². The highest BCUT2D eigenvalue weighted by Gasteiger charge is 2.22. The molecule has 2 heterocycles. The van der Waals surface area contributed by atoms with Crippen LogP contribution >= 0.6 is 0 Å². The number of hydrogen-bond donors (Lipinski definition) is 1. The van der Waals surface area contributed by atoms with Crippen molar-refractivity contribution in [3.63, 3.8) is 0 Å². The number of para-hydroxylation sites is 1. The zero-order valence-corrected chi connectivity index (χ0v) is 16.5. The van der Waals surface area contributed by atoms with E-state index in [2.05, 4.69) is 4.98 Å². The zero-order valence-electron chi connectivity index (χ0n) is 16.5. The number of aromatic nitrogens is 1. The van der Waals surface area contributed by atoms with E-state index in [0.717, 1.165) is 16.5 Å². The summed E-state index contributed by atoms with van der Waals surface area (Å²) in [5.74, 6) is -0.101. The Labute approximate surface area is 168 Å². The van der Waals surface area contributed by atoms with Crippen LogP contribution in [0.15, 0.2) is 53.3 Å². The molecule has 0 aliphatic carbocycles. The first kappa shape index (κ1) is 19.2. The van der Waals surface area contributed by atoms with Gasteiger partial charge in [-0.15, -0.1) is 0 Å². The lowest BCUT2D eigenvalue weighted by Gasteiger charge is -2.36. The lowest BCUT2D eigenvalue weighted by Crippen LogP contribution is -2.49. The van der Waals surface area contributed by atoms with Crippen molar-refractivity contribution in [1.29, 1.82) is 0 Å². The average Bonchev–Trinajstić information content (AvgIpc) is 2.73. The molecule has 0 unspecified atom stereocenters. The molecule has 1 amide bonds. The van der Waals surface area contributed by atoms with Crippen molar-refractivity contribution in [2.75, 3.05) is 31.1 Å². The van der Waals surface area contributed by atoms with Crippen molar-refractivity contribution in [2.24, 2.45) is 0 Å². The highest BCUT2D eigenvalue weighted by molar-refractivity contribution is 5.80. The number of halogens is 1. The molecule has 3 aromatic rings. The summed E-state index contributed by atoms with van der Waals surface area (Å²) in [6.45, 7) is 4.26. The Balaban J connectivity index is 1.35. The molecule has 1 aromatic heterocycles. The summed E-state index contributed by atoms with van der Waals surface area (Å²) < 4.78 is 14.0. The number of carbonyl (C=O) groups excluding carboxylic acids is 1. The molecule has 4 rings (SSSR count). The lowest BCUT2D eigenvalue weighted by atomic mass is 10.0. The van der Waals surface area contributed by atoms with E-state index in [0.29, 0.717) is 50.3 Å². The minimum atomic E-state index is -0.222. The maximum Gasteiger partial charge on any atom is 0.251 e. The molecule has 2 aromatic carbocycles. The third-order valence-electron chi connectivity index (χ3n) is 5.55. The molecule has 1 N–H and O–H groups in total. The van der Waals surface area contributed by atoms with Crippen LogP contribution in [0.3, 0.4) is 0 Å². The molecule has 1 aliphatic heterocycles. The van der Waals surface area contributed by atoms with Crippen molar-refractivity contribution in [1.82, 2.24) is 9.88 Å². The number of rotatable bonds is 4. The van der Waals surface area contributed by atoms with Crippen molar-refractivity contribution in [3.8, 4) is 0 Å². The first-order valence-corrected chi connectivity index (χ1v) is 9.91. The second kappa shape index (κ2) is 8.07. The Hall–Kier alpha value is -3.15. The molecule has 0 saturated carbocycles. The fraction of sp³-hybridized carbons (Fsp3) is 0.304. The summed E-state index contributed by atoms with van der Waals surface area (Å²) in [4.78, 5) is 31.1. The molecule has 0 spiro atoms. The second-order valence-corrected chi connectivity index (χ2v) is 7.52. The van der Waals surface area contributed by atoms with Gasteiger partial charge in [-0.05, 0) is 54.6 Å². The minimum absolute atomic E-state index is 0.0741. The first-order chi connectivity index (χ1) is 14.0. The minimum Gasteiger partial charge on any atom is -0.366 e. The standard InChI is InChI=1S/C23H24FN3O2/c1-16-14-18-15-17(6-8-20(18)25-23(16)29)7-9-22(28)27-12-10-26(11-13-27)21-5-3-2-4-19(21)24/h2-6,8,14-15H,7,9-13H2,1H3,(H,25,29). The number of aryl methyl sites for hydroxylation is 2. The second-order valence-electron chi connectivity index (χ2n) is 7.52. The third kappa shape index (κ3) is 4.16. The number of anilines is 1. The number of nitrogens with zero attached hydrogens (tertiary/aromatic N) is 2. The zero-order chi connectivity index (χ0) is 20.4. The van der Waals surface area contributed by atoms with E-state index in [9.17, 15) is 14.0 Å². The van der Waals surface area contributed by atoms with Gasteiger partial charge in [0, 0.05) is 43.7 Å². The van der Waals surface area contributed by atoms with Gasteiger partial charge in [-0.3, -0.25) is 9.59 Å². The van der Waals surface area contributed by atoms with Crippen LogP contribution in [0.4, 0.5) is 10.1 Å². The van der Waals surface area contributed by atoms with Gasteiger partial charge in [-0.25, -0.2) is 4.39 Å². The van der Waals surface area contributed by atoms with Crippen molar-refractivity contribution in [3.05, 3.63) is 75.8 Å². The molecule has 0 radical (unpaired) electrons. The Morgan fingerprint density at radius 3 is 2.59 bits per heavy atom. The van der Waals surface area contributed by atoms with Crippen LogP contribution in [0.25, 0.3) is 10.9 Å². The number of aromatic amines is 1. The number of hydrogen-bond acceptors (Lipinski definition) is 3. The highest BCUT2D eigenvalue weighted by Crippen LogP contribution is 2.21. The number of fused-ring (bicyclic) bond motifs is 1. The van der Waals surface area contributed by atoms with E-state index in [1.54, 1.807) is 19.1 Å². The van der Waals surface area contributed by atoms with Gasteiger partial charge in [-0.2, -0.15) is 0 Å². The summed E-state index contributed by atoms with van der Waals surface area (Å²) in [7, 11) is 0. The van der Waals surface area contributed by atoms with Gasteiger partial charge in [0.25, 0.3) is 5.56 Å². The molecular weight excluding hydrogens is 369 g/mol. The number of carbonyl (C=O) groups is 1. The molecule has 0 bridgehead atoms. The van der Waals surface area contributed by atoms with Crippen LogP contribution in [0.1, 0.15) is 17.5 Å². The van der Waals surface area contributed by atoms with E-state index in [-0.39, 0.29) is 17.3 Å². The van der Waals surface area contributed by atoms with E-state index >= 15 is 0 Å². The van der Waals surface area contributed by atoms with Gasteiger partial charge in [0.15, 0.2) is 0 Å². The Kier molecular flexibility index (Phi) is 5.34. The fourth-order valence-corrected chi connectivity index (χ4v) is 3.83. The Morgan fingerprint density at radius 1 is 1.07 bits per heavy atom. The normalized spacial score (nSPS) is 14.4. The molecule has 1 fully saturated rings. The van der Waals surface area contributed by atoms with E-state index < -0.39 is 0 Å². The third-order valence-corrected chi connectivity index (χ3v) is 5.55. The highest BCUT2D eigenvalue weighted by atomic mass is 19.1. The molecule has 5 nitrogen and oxygen atoms in total. The number of nitrogens with one attached hydrogen (secondary N) is 1. The summed E-state index contributed by atoms with van der Waals surface area (Å²) in [5.41, 5.74) is 3.08. The molecule has 0 atom stereocenters. The van der Waals surface area contributed by atoms with Gasteiger partial charge in [0.05, 0.1) is 5.69 Å². The molecule has 1 aliphatic rings. The van der Waals surface area contributed by atoms with Crippen LogP contribution < -0.4 is 10.5 Å². The Morgan fingerprint density at radius 2 is 1.83 bits per heavy atom. The van der Waals surface area contributed by atoms with Gasteiger partial charge in [-0.1, -0.05) is 18.2 Å². The topological polar surface area (TPSA) is 56.4 Å². The van der Waals surface area contributed by atoms with Crippen LogP contribution in [0, 0.1) is 12.7 Å². The number of piperazine rings is 1. The summed E-state index contributed by atoms with van der Waals surface area (Å²) in [6.07, 6.45) is 1.09. The van der Waals surface area contributed by atoms with Gasteiger partial charge in [0.1, 0.15) is 5.82 Å². The predicted molar refractivity (Wildman–Crippen MR) is 113 cm³/mol. The van der Waals surface area contributed by atoms with Crippen molar-refractivity contribution < 1.29 is 9.18 Å². The molecule has 29 heavy (non-hydrogen) atoms. The SMILES string of the molecule is Cc1cc2cc(CCC(=O)N3CCN(c4ccccc4F)CC3)ccc2[nH]c1=O. The largest absolute Gasteiger partial charge is 0.366 e.